The van der Waals surface area contributed by atoms with E-state index >= 15 is 0 Å². The Kier molecular flexibility index (Phi) is 5.12. The number of ether oxygens (including phenoxy) is 2. The molecule has 8 heteroatoms. The van der Waals surface area contributed by atoms with Gasteiger partial charge < -0.3 is 29.9 Å². The van der Waals surface area contributed by atoms with E-state index in [1.165, 1.54) is 13.8 Å². The number of Topliss-reactive ketones (excluding diaryl/α,β-unsaturated/α-hetero) is 2. The summed E-state index contributed by atoms with van der Waals surface area (Å²) >= 11 is 0. The average Bonchev–Trinajstić information content (AvgIpc) is 2.43. The molecule has 0 fully saturated rings. The van der Waals surface area contributed by atoms with Gasteiger partial charge in [-0.1, -0.05) is 0 Å². The van der Waals surface area contributed by atoms with Crippen LogP contribution in [-0.4, -0.2) is 57.4 Å². The maximum Gasteiger partial charge on any atom is 0.232 e. The Hall–Kier alpha value is -2.06. The van der Waals surface area contributed by atoms with E-state index < -0.39 is 35.3 Å². The quantitative estimate of drug-likeness (QED) is 0.467. The highest BCUT2D eigenvalue weighted by molar-refractivity contribution is 5.97. The highest BCUT2D eigenvalue weighted by Crippen LogP contribution is 2.13. The molecule has 2 aliphatic rings. The van der Waals surface area contributed by atoms with E-state index in [4.69, 9.17) is 29.9 Å². The minimum absolute atomic E-state index is 0.0608. The average molecular weight is 288 g/mol. The molecule has 20 heavy (non-hydrogen) atoms. The number of aliphatic hydroxyl groups is 4. The second kappa shape index (κ2) is 6.40. The fourth-order valence-electron chi connectivity index (χ4n) is 1.36. The van der Waals surface area contributed by atoms with E-state index in [1.54, 1.807) is 0 Å². The molecule has 2 rings (SSSR count). The van der Waals surface area contributed by atoms with Gasteiger partial charge >= 0.3 is 0 Å². The van der Waals surface area contributed by atoms with Crippen LogP contribution in [0.3, 0.4) is 0 Å². The Morgan fingerprint density at radius 3 is 1.40 bits per heavy atom. The van der Waals surface area contributed by atoms with Crippen LogP contribution in [0.15, 0.2) is 23.0 Å². The maximum atomic E-state index is 10.7. The second-order valence-corrected chi connectivity index (χ2v) is 4.19. The first-order valence-corrected chi connectivity index (χ1v) is 5.75. The molecule has 0 aromatic rings. The minimum Gasteiger partial charge on any atom is -0.502 e. The van der Waals surface area contributed by atoms with Crippen molar-refractivity contribution in [2.24, 2.45) is 0 Å². The monoisotopic (exact) mass is 288 g/mol. The third kappa shape index (κ3) is 3.49. The first kappa shape index (κ1) is 16.0. The van der Waals surface area contributed by atoms with E-state index in [-0.39, 0.29) is 24.7 Å². The lowest BCUT2D eigenvalue weighted by Gasteiger charge is -2.17. The van der Waals surface area contributed by atoms with Crippen molar-refractivity contribution in [3.63, 3.8) is 0 Å². The molecule has 0 aromatic carbocycles. The van der Waals surface area contributed by atoms with Crippen molar-refractivity contribution in [3.8, 4) is 0 Å². The fraction of sp³-hybridized carbons (Fsp3) is 0.500. The van der Waals surface area contributed by atoms with E-state index in [9.17, 15) is 9.59 Å². The number of hydrogen-bond acceptors (Lipinski definition) is 8. The molecule has 0 saturated carbocycles. The van der Waals surface area contributed by atoms with Crippen LogP contribution in [0.2, 0.25) is 0 Å². The molecule has 0 amide bonds. The smallest absolute Gasteiger partial charge is 0.232 e. The Morgan fingerprint density at radius 2 is 1.15 bits per heavy atom. The summed E-state index contributed by atoms with van der Waals surface area (Å²) in [5, 5.41) is 35.3. The number of carbonyl (C=O) groups excluding carboxylic acids is 2. The summed E-state index contributed by atoms with van der Waals surface area (Å²) in [6.07, 6.45) is -2.41. The number of ketones is 2. The van der Waals surface area contributed by atoms with Crippen LogP contribution in [0.5, 0.6) is 0 Å². The zero-order valence-electron chi connectivity index (χ0n) is 11.0. The molecule has 0 aliphatic carbocycles. The molecular weight excluding hydrogens is 272 g/mol. The molecule has 8 nitrogen and oxygen atoms in total. The van der Waals surface area contributed by atoms with Gasteiger partial charge in [0.25, 0.3) is 0 Å². The number of hydrogen-bond donors (Lipinski definition) is 4. The van der Waals surface area contributed by atoms with E-state index in [0.29, 0.717) is 0 Å². The van der Waals surface area contributed by atoms with Gasteiger partial charge in [-0.2, -0.15) is 0 Å². The number of aliphatic hydroxyl groups excluding tert-OH is 4. The van der Waals surface area contributed by atoms with E-state index in [1.807, 2.05) is 0 Å². The summed E-state index contributed by atoms with van der Waals surface area (Å²) in [6, 6.07) is 0. The van der Waals surface area contributed by atoms with Gasteiger partial charge in [0.05, 0.1) is 0 Å². The number of allylic oxidation sites excluding steroid dienone is 2. The lowest BCUT2D eigenvalue weighted by molar-refractivity contribution is -0.131. The van der Waals surface area contributed by atoms with Crippen molar-refractivity contribution in [2.75, 3.05) is 13.2 Å². The molecule has 4 N–H and O–H groups in total. The summed E-state index contributed by atoms with van der Waals surface area (Å²) in [4.78, 5) is 21.4. The first-order chi connectivity index (χ1) is 9.25. The maximum absolute atomic E-state index is 10.7. The molecule has 0 spiro atoms. The van der Waals surface area contributed by atoms with Gasteiger partial charge in [0.15, 0.2) is 23.7 Å². The summed E-state index contributed by atoms with van der Waals surface area (Å²) in [5.74, 6) is -1.92. The normalized spacial score (nSPS) is 26.6. The molecule has 0 saturated heterocycles. The van der Waals surface area contributed by atoms with Gasteiger partial charge in [-0.15, -0.1) is 0 Å². The molecule has 112 valence electrons. The van der Waals surface area contributed by atoms with Crippen molar-refractivity contribution in [2.45, 2.75) is 26.1 Å². The van der Waals surface area contributed by atoms with Crippen molar-refractivity contribution < 1.29 is 39.5 Å². The SMILES string of the molecule is CC1=C(O)C(=O)C(O)CO1.CC1=C(O)C(=O)C(O)CO1. The predicted molar refractivity (Wildman–Crippen MR) is 64.6 cm³/mol. The van der Waals surface area contributed by atoms with Crippen molar-refractivity contribution in [1.82, 2.24) is 0 Å². The standard InChI is InChI=1S/2C6H8O4/c2*1-3-5(8)6(9)4(7)2-10-3/h2*4,7-8H,2H2,1H3. The zero-order valence-corrected chi connectivity index (χ0v) is 11.0. The Morgan fingerprint density at radius 1 is 0.850 bits per heavy atom. The van der Waals surface area contributed by atoms with Gasteiger partial charge in [0, 0.05) is 0 Å². The molecule has 2 heterocycles. The van der Waals surface area contributed by atoms with Gasteiger partial charge in [0.2, 0.25) is 11.6 Å². The van der Waals surface area contributed by atoms with Crippen LogP contribution in [0.25, 0.3) is 0 Å². The summed E-state index contributed by atoms with van der Waals surface area (Å²) < 4.78 is 9.46. The third-order valence-electron chi connectivity index (χ3n) is 2.65. The van der Waals surface area contributed by atoms with Crippen molar-refractivity contribution >= 4 is 11.6 Å². The molecule has 2 unspecified atom stereocenters. The summed E-state index contributed by atoms with van der Waals surface area (Å²) in [7, 11) is 0. The number of carbonyl (C=O) groups is 2. The molecule has 0 aromatic heterocycles. The van der Waals surface area contributed by atoms with Crippen LogP contribution >= 0.6 is 0 Å². The second-order valence-electron chi connectivity index (χ2n) is 4.19. The summed E-state index contributed by atoms with van der Waals surface area (Å²) in [6.45, 7) is 2.82. The molecule has 0 radical (unpaired) electrons. The van der Waals surface area contributed by atoms with Gasteiger partial charge in [-0.25, -0.2) is 0 Å². The first-order valence-electron chi connectivity index (χ1n) is 5.75. The minimum atomic E-state index is -1.20. The predicted octanol–water partition coefficient (Wildman–Crippen LogP) is -0.528. The van der Waals surface area contributed by atoms with E-state index in [0.717, 1.165) is 0 Å². The molecule has 2 aliphatic heterocycles. The topological polar surface area (TPSA) is 134 Å². The highest BCUT2D eigenvalue weighted by atomic mass is 16.5. The molecular formula is C12H16O8. The Balaban J connectivity index is 0.000000200. The molecule has 2 atom stereocenters. The Bertz CT molecular complexity index is 432. The van der Waals surface area contributed by atoms with Crippen LogP contribution in [0.4, 0.5) is 0 Å². The lowest BCUT2D eigenvalue weighted by Crippen LogP contribution is -2.32. The zero-order chi connectivity index (χ0) is 15.4. The highest BCUT2D eigenvalue weighted by Gasteiger charge is 2.27. The summed E-state index contributed by atoms with van der Waals surface area (Å²) in [5.41, 5.74) is 0. The van der Waals surface area contributed by atoms with Gasteiger partial charge in [0.1, 0.15) is 24.7 Å². The van der Waals surface area contributed by atoms with Crippen molar-refractivity contribution in [1.29, 1.82) is 0 Å². The fourth-order valence-corrected chi connectivity index (χ4v) is 1.36. The number of rotatable bonds is 0. The Labute approximate surface area is 114 Å². The van der Waals surface area contributed by atoms with Crippen molar-refractivity contribution in [3.05, 3.63) is 23.0 Å². The largest absolute Gasteiger partial charge is 0.502 e. The van der Waals surface area contributed by atoms with E-state index in [2.05, 4.69) is 0 Å². The van der Waals surface area contributed by atoms with Crippen LogP contribution in [-0.2, 0) is 19.1 Å². The van der Waals surface area contributed by atoms with Crippen LogP contribution in [0.1, 0.15) is 13.8 Å². The van der Waals surface area contributed by atoms with Gasteiger partial charge in [-0.05, 0) is 13.8 Å². The molecule has 0 bridgehead atoms. The lowest BCUT2D eigenvalue weighted by atomic mass is 10.1. The van der Waals surface area contributed by atoms with Gasteiger partial charge in [-0.3, -0.25) is 9.59 Å². The van der Waals surface area contributed by atoms with Crippen LogP contribution < -0.4 is 0 Å². The van der Waals surface area contributed by atoms with Crippen LogP contribution in [0, 0.1) is 0 Å². The third-order valence-corrected chi connectivity index (χ3v) is 2.65.